The molecule has 3 aromatic rings. The largest absolute Gasteiger partial charge is 0.344 e. The van der Waals surface area contributed by atoms with E-state index in [1.54, 1.807) is 35.2 Å². The van der Waals surface area contributed by atoms with Crippen LogP contribution in [0, 0.1) is 0 Å². The third-order valence-electron chi connectivity index (χ3n) is 4.84. The Hall–Kier alpha value is -2.80. The first kappa shape index (κ1) is 17.6. The van der Waals surface area contributed by atoms with Gasteiger partial charge in [-0.25, -0.2) is 0 Å². The van der Waals surface area contributed by atoms with E-state index in [-0.39, 0.29) is 10.9 Å². The Morgan fingerprint density at radius 3 is 2.44 bits per heavy atom. The molecular formula is C20H21N3O3S. The molecule has 0 spiro atoms. The van der Waals surface area contributed by atoms with Crippen molar-refractivity contribution in [3.63, 3.8) is 0 Å². The number of aromatic nitrogens is 1. The van der Waals surface area contributed by atoms with Crippen molar-refractivity contribution in [1.29, 1.82) is 0 Å². The molecule has 1 amide bonds. The predicted molar refractivity (Wildman–Crippen MR) is 105 cm³/mol. The lowest BCUT2D eigenvalue weighted by Gasteiger charge is -2.27. The fourth-order valence-corrected chi connectivity index (χ4v) is 4.52. The van der Waals surface area contributed by atoms with E-state index in [0.29, 0.717) is 24.3 Å². The van der Waals surface area contributed by atoms with Crippen LogP contribution in [0.15, 0.2) is 59.6 Å². The van der Waals surface area contributed by atoms with Gasteiger partial charge in [0.15, 0.2) is 5.03 Å². The van der Waals surface area contributed by atoms with Gasteiger partial charge in [0.2, 0.25) is 0 Å². The van der Waals surface area contributed by atoms with Crippen LogP contribution in [0.2, 0.25) is 0 Å². The highest BCUT2D eigenvalue weighted by atomic mass is 32.2. The number of likely N-dealkylation sites (tertiary alicyclic amines) is 1. The third kappa shape index (κ3) is 3.55. The van der Waals surface area contributed by atoms with Gasteiger partial charge in [0.1, 0.15) is 0 Å². The average molecular weight is 383 g/mol. The topological polar surface area (TPSA) is 82.3 Å². The number of nitrogens with one attached hydrogen (secondary N) is 2. The second-order valence-corrected chi connectivity index (χ2v) is 8.38. The Morgan fingerprint density at radius 1 is 0.963 bits per heavy atom. The summed E-state index contributed by atoms with van der Waals surface area (Å²) in [6.07, 6.45) is 3.09. The summed E-state index contributed by atoms with van der Waals surface area (Å²) in [6.45, 7) is 1.42. The number of nitrogens with zero attached hydrogens (tertiary/aromatic N) is 1. The van der Waals surface area contributed by atoms with E-state index in [0.717, 1.165) is 30.2 Å². The van der Waals surface area contributed by atoms with Crippen LogP contribution in [0.25, 0.3) is 10.9 Å². The second kappa shape index (κ2) is 7.08. The number of fused-ring (bicyclic) bond motifs is 1. The highest BCUT2D eigenvalue weighted by Gasteiger charge is 2.24. The number of carbonyl (C=O) groups excluding carboxylic acids is 1. The van der Waals surface area contributed by atoms with Crippen molar-refractivity contribution >= 4 is 32.5 Å². The first-order valence-electron chi connectivity index (χ1n) is 9.03. The SMILES string of the molecule is O=C(c1ccccc1NS(=O)(=O)c1cc2ccccc2[nH]1)N1CCCCC1. The lowest BCUT2D eigenvalue weighted by Crippen LogP contribution is -2.36. The van der Waals surface area contributed by atoms with Crippen LogP contribution in [0.3, 0.4) is 0 Å². The van der Waals surface area contributed by atoms with Crippen molar-refractivity contribution < 1.29 is 13.2 Å². The van der Waals surface area contributed by atoms with Crippen LogP contribution in [-0.2, 0) is 10.0 Å². The third-order valence-corrected chi connectivity index (χ3v) is 6.13. The minimum Gasteiger partial charge on any atom is -0.344 e. The first-order chi connectivity index (χ1) is 13.0. The van der Waals surface area contributed by atoms with Crippen molar-refractivity contribution in [3.05, 3.63) is 60.2 Å². The summed E-state index contributed by atoms with van der Waals surface area (Å²) < 4.78 is 28.3. The molecule has 0 bridgehead atoms. The number of amides is 1. The fraction of sp³-hybridized carbons (Fsp3) is 0.250. The van der Waals surface area contributed by atoms with E-state index in [9.17, 15) is 13.2 Å². The molecule has 1 aliphatic heterocycles. The average Bonchev–Trinajstić information content (AvgIpc) is 3.14. The van der Waals surface area contributed by atoms with Gasteiger partial charge in [0, 0.05) is 24.0 Å². The van der Waals surface area contributed by atoms with Gasteiger partial charge in [0.05, 0.1) is 11.3 Å². The number of aromatic amines is 1. The summed E-state index contributed by atoms with van der Waals surface area (Å²) in [5.41, 5.74) is 1.42. The van der Waals surface area contributed by atoms with E-state index < -0.39 is 10.0 Å². The predicted octanol–water partition coefficient (Wildman–Crippen LogP) is 3.59. The molecule has 0 atom stereocenters. The number of para-hydroxylation sites is 2. The molecule has 1 fully saturated rings. The standard InChI is InChI=1S/C20H21N3O3S/c24-20(23-12-6-1-7-13-23)16-9-3-5-11-18(16)22-27(25,26)19-14-15-8-2-4-10-17(15)21-19/h2-5,8-11,14,21-22H,1,6-7,12-13H2. The van der Waals surface area contributed by atoms with Crippen molar-refractivity contribution in [2.75, 3.05) is 17.8 Å². The zero-order valence-corrected chi connectivity index (χ0v) is 15.6. The van der Waals surface area contributed by atoms with Crippen LogP contribution in [-0.4, -0.2) is 37.3 Å². The number of hydrogen-bond acceptors (Lipinski definition) is 3. The summed E-state index contributed by atoms with van der Waals surface area (Å²) in [5, 5.41) is 0.888. The molecule has 1 saturated heterocycles. The van der Waals surface area contributed by atoms with Crippen LogP contribution in [0.5, 0.6) is 0 Å². The van der Waals surface area contributed by atoms with Crippen molar-refractivity contribution in [1.82, 2.24) is 9.88 Å². The van der Waals surface area contributed by atoms with Crippen molar-refractivity contribution in [2.24, 2.45) is 0 Å². The number of piperidine rings is 1. The first-order valence-corrected chi connectivity index (χ1v) is 10.5. The molecule has 140 valence electrons. The van der Waals surface area contributed by atoms with E-state index in [1.807, 2.05) is 24.3 Å². The van der Waals surface area contributed by atoms with Gasteiger partial charge in [-0.3, -0.25) is 9.52 Å². The van der Waals surface area contributed by atoms with Gasteiger partial charge in [0.25, 0.3) is 15.9 Å². The maximum absolute atomic E-state index is 12.9. The zero-order chi connectivity index (χ0) is 18.9. The number of carbonyl (C=O) groups is 1. The Balaban J connectivity index is 1.64. The number of hydrogen-bond donors (Lipinski definition) is 2. The summed E-state index contributed by atoms with van der Waals surface area (Å²) in [4.78, 5) is 17.6. The molecule has 7 heteroatoms. The van der Waals surface area contributed by atoms with E-state index >= 15 is 0 Å². The number of benzene rings is 2. The van der Waals surface area contributed by atoms with Gasteiger partial charge in [-0.1, -0.05) is 30.3 Å². The van der Waals surface area contributed by atoms with Gasteiger partial charge < -0.3 is 9.88 Å². The normalized spacial score (nSPS) is 15.0. The molecule has 0 aliphatic carbocycles. The Kier molecular flexibility index (Phi) is 4.61. The minimum atomic E-state index is -3.84. The minimum absolute atomic E-state index is 0.0731. The summed E-state index contributed by atoms with van der Waals surface area (Å²) in [7, 11) is -3.84. The molecule has 0 radical (unpaired) electrons. The summed E-state index contributed by atoms with van der Waals surface area (Å²) >= 11 is 0. The van der Waals surface area contributed by atoms with Crippen molar-refractivity contribution in [3.8, 4) is 0 Å². The lowest BCUT2D eigenvalue weighted by atomic mass is 10.1. The van der Waals surface area contributed by atoms with Crippen molar-refractivity contribution in [2.45, 2.75) is 24.3 Å². The van der Waals surface area contributed by atoms with Gasteiger partial charge >= 0.3 is 0 Å². The van der Waals surface area contributed by atoms with E-state index in [1.165, 1.54) is 0 Å². The van der Waals surface area contributed by atoms with Crippen LogP contribution in [0.1, 0.15) is 29.6 Å². The molecule has 2 aromatic carbocycles. The quantitative estimate of drug-likeness (QED) is 0.722. The molecule has 6 nitrogen and oxygen atoms in total. The van der Waals surface area contributed by atoms with E-state index in [2.05, 4.69) is 9.71 Å². The van der Waals surface area contributed by atoms with Crippen LogP contribution >= 0.6 is 0 Å². The lowest BCUT2D eigenvalue weighted by molar-refractivity contribution is 0.0725. The Morgan fingerprint density at radius 2 is 1.67 bits per heavy atom. The number of anilines is 1. The molecule has 0 unspecified atom stereocenters. The molecular weight excluding hydrogens is 362 g/mol. The molecule has 0 saturated carbocycles. The maximum atomic E-state index is 12.9. The maximum Gasteiger partial charge on any atom is 0.277 e. The van der Waals surface area contributed by atoms with Gasteiger partial charge in [-0.15, -0.1) is 0 Å². The van der Waals surface area contributed by atoms with E-state index in [4.69, 9.17) is 0 Å². The highest BCUT2D eigenvalue weighted by molar-refractivity contribution is 7.92. The van der Waals surface area contributed by atoms with Gasteiger partial charge in [-0.2, -0.15) is 8.42 Å². The molecule has 1 aliphatic rings. The number of rotatable bonds is 4. The van der Waals surface area contributed by atoms with Crippen LogP contribution in [0.4, 0.5) is 5.69 Å². The molecule has 1 aromatic heterocycles. The fourth-order valence-electron chi connectivity index (χ4n) is 3.42. The Labute approximate surface area is 158 Å². The number of sulfonamides is 1. The second-order valence-electron chi connectivity index (χ2n) is 6.72. The smallest absolute Gasteiger partial charge is 0.277 e. The monoisotopic (exact) mass is 383 g/mol. The molecule has 27 heavy (non-hydrogen) atoms. The van der Waals surface area contributed by atoms with Crippen LogP contribution < -0.4 is 4.72 Å². The highest BCUT2D eigenvalue weighted by Crippen LogP contribution is 2.24. The summed E-state index contributed by atoms with van der Waals surface area (Å²) in [6, 6.07) is 15.7. The molecule has 2 N–H and O–H groups in total. The molecule has 4 rings (SSSR count). The molecule has 2 heterocycles. The zero-order valence-electron chi connectivity index (χ0n) is 14.8. The van der Waals surface area contributed by atoms with Gasteiger partial charge in [-0.05, 0) is 43.5 Å². The summed E-state index contributed by atoms with van der Waals surface area (Å²) in [5.74, 6) is -0.135. The number of H-pyrrole nitrogens is 1. The Bertz CT molecular complexity index is 1050.